The Morgan fingerprint density at radius 1 is 1.40 bits per heavy atom. The fourth-order valence-electron chi connectivity index (χ4n) is 4.14. The van der Waals surface area contributed by atoms with Gasteiger partial charge in [0.25, 0.3) is 5.56 Å². The molecular weight excluding hydrogens is 545 g/mol. The van der Waals surface area contributed by atoms with E-state index in [9.17, 15) is 14.2 Å². The van der Waals surface area contributed by atoms with Crippen molar-refractivity contribution < 1.29 is 27.9 Å². The highest BCUT2D eigenvalue weighted by molar-refractivity contribution is 7.52. The average Bonchev–Trinajstić information content (AvgIpc) is 3.51. The van der Waals surface area contributed by atoms with Gasteiger partial charge in [-0.05, 0) is 30.5 Å². The number of esters is 1. The predicted octanol–water partition coefficient (Wildman–Crippen LogP) is 3.05. The molecule has 0 radical (unpaired) electrons. The van der Waals surface area contributed by atoms with Gasteiger partial charge in [0, 0.05) is 11.3 Å². The fraction of sp³-hybridized carbons (Fsp3) is 0.478. The van der Waals surface area contributed by atoms with Gasteiger partial charge in [-0.3, -0.25) is 23.7 Å². The molecule has 0 aliphatic carbocycles. The smallest absolute Gasteiger partial charge is 0.459 e. The fourth-order valence-corrected chi connectivity index (χ4v) is 5.80. The molecule has 3 aromatic rings. The third-order valence-electron chi connectivity index (χ3n) is 6.05. The Morgan fingerprint density at radius 2 is 2.15 bits per heavy atom. The van der Waals surface area contributed by atoms with E-state index in [1.165, 1.54) is 10.9 Å². The normalized spacial score (nSPS) is 21.1. The number of aromatic amines is 1. The summed E-state index contributed by atoms with van der Waals surface area (Å²) in [5.41, 5.74) is 14.6. The maximum atomic E-state index is 14.0. The standard InChI is InChI=1S/C23H30N9O7P/c1-4-36-22(34)18(13(2)3)30-40(35,39-14-8-6-5-7-9-14)37-11-16-15(29-31-25)10-17(38-16)32-12-26-19-20(32)27-23(24)28-21(19)33/h5-9,12-13,15-18H,4,10-11H2,1-3H3,(H,30,35)(H3,24,27,28,33)/t15-,16+,17+,18+,40?/m0/s1. The summed E-state index contributed by atoms with van der Waals surface area (Å²) in [6, 6.07) is 6.55. The molecule has 4 N–H and O–H groups in total. The van der Waals surface area contributed by atoms with Crippen LogP contribution in [0, 0.1) is 5.92 Å². The molecule has 0 spiro atoms. The van der Waals surface area contributed by atoms with E-state index in [0.29, 0.717) is 0 Å². The lowest BCUT2D eigenvalue weighted by Crippen LogP contribution is -2.42. The molecule has 1 aliphatic rings. The number of fused-ring (bicyclic) bond motifs is 1. The zero-order valence-electron chi connectivity index (χ0n) is 22.0. The first-order valence-corrected chi connectivity index (χ1v) is 14.0. The number of anilines is 1. The van der Waals surface area contributed by atoms with E-state index in [1.54, 1.807) is 51.1 Å². The summed E-state index contributed by atoms with van der Waals surface area (Å²) < 4.78 is 38.2. The van der Waals surface area contributed by atoms with Crippen molar-refractivity contribution in [2.24, 2.45) is 11.0 Å². The van der Waals surface area contributed by atoms with Gasteiger partial charge in [-0.15, -0.1) is 0 Å². The van der Waals surface area contributed by atoms with Gasteiger partial charge in [0.15, 0.2) is 11.2 Å². The number of para-hydroxylation sites is 1. The second-order valence-corrected chi connectivity index (χ2v) is 10.9. The summed E-state index contributed by atoms with van der Waals surface area (Å²) in [6.07, 6.45) is -0.0992. The Balaban J connectivity index is 1.58. The Morgan fingerprint density at radius 3 is 2.83 bits per heavy atom. The number of ether oxygens (including phenoxy) is 2. The van der Waals surface area contributed by atoms with Crippen molar-refractivity contribution in [3.05, 3.63) is 57.5 Å². The summed E-state index contributed by atoms with van der Waals surface area (Å²) >= 11 is 0. The number of H-pyrrole nitrogens is 1. The monoisotopic (exact) mass is 575 g/mol. The predicted molar refractivity (Wildman–Crippen MR) is 143 cm³/mol. The molecule has 40 heavy (non-hydrogen) atoms. The number of hydrogen-bond acceptors (Lipinski definition) is 11. The minimum absolute atomic E-state index is 0.0569. The van der Waals surface area contributed by atoms with Crippen molar-refractivity contribution in [2.75, 3.05) is 18.9 Å². The number of hydrogen-bond donors (Lipinski definition) is 3. The molecule has 0 bridgehead atoms. The third kappa shape index (κ3) is 6.61. The van der Waals surface area contributed by atoms with Crippen LogP contribution < -0.4 is 20.9 Å². The Kier molecular flexibility index (Phi) is 9.07. The van der Waals surface area contributed by atoms with Gasteiger partial charge in [-0.2, -0.15) is 10.1 Å². The molecule has 1 aliphatic heterocycles. The van der Waals surface area contributed by atoms with Gasteiger partial charge in [0.2, 0.25) is 5.95 Å². The zero-order chi connectivity index (χ0) is 28.9. The molecule has 4 rings (SSSR count). The van der Waals surface area contributed by atoms with Gasteiger partial charge in [-0.1, -0.05) is 37.2 Å². The quantitative estimate of drug-likeness (QED) is 0.0936. The first-order valence-electron chi connectivity index (χ1n) is 12.5. The van der Waals surface area contributed by atoms with Crippen molar-refractivity contribution in [1.29, 1.82) is 0 Å². The highest BCUT2D eigenvalue weighted by atomic mass is 31.2. The van der Waals surface area contributed by atoms with Crippen molar-refractivity contribution in [3.63, 3.8) is 0 Å². The maximum Gasteiger partial charge on any atom is 0.459 e. The van der Waals surface area contributed by atoms with Crippen LogP contribution in [0.2, 0.25) is 0 Å². The SMILES string of the molecule is CCOC(=O)[C@H](NP(=O)(OC[C@H]1O[C@@H](n2cnc3c(=O)[nH]c(N)nc32)C[C@@H]1N=[N+]=[N-])Oc1ccccc1)C(C)C. The number of aromatic nitrogens is 4. The minimum atomic E-state index is -4.22. The molecule has 1 unspecified atom stereocenters. The lowest BCUT2D eigenvalue weighted by Gasteiger charge is -2.27. The first-order chi connectivity index (χ1) is 19.1. The number of nitrogens with two attached hydrogens (primary N) is 1. The van der Waals surface area contributed by atoms with E-state index in [1.807, 2.05) is 0 Å². The van der Waals surface area contributed by atoms with Crippen LogP contribution in [0.25, 0.3) is 21.6 Å². The van der Waals surface area contributed by atoms with Crippen molar-refractivity contribution in [1.82, 2.24) is 24.6 Å². The Hall–Kier alpha value is -3.94. The number of imidazole rings is 1. The maximum absolute atomic E-state index is 14.0. The van der Waals surface area contributed by atoms with Crippen molar-refractivity contribution >= 4 is 30.8 Å². The van der Waals surface area contributed by atoms with E-state index < -0.39 is 43.7 Å². The van der Waals surface area contributed by atoms with E-state index >= 15 is 0 Å². The van der Waals surface area contributed by atoms with Crippen LogP contribution in [-0.2, 0) is 23.4 Å². The summed E-state index contributed by atoms with van der Waals surface area (Å²) in [5, 5.41) is 6.52. The van der Waals surface area contributed by atoms with Gasteiger partial charge in [-0.25, -0.2) is 9.55 Å². The molecule has 16 nitrogen and oxygen atoms in total. The molecule has 214 valence electrons. The van der Waals surface area contributed by atoms with Crippen LogP contribution in [-0.4, -0.2) is 56.9 Å². The number of rotatable bonds is 12. The van der Waals surface area contributed by atoms with E-state index in [4.69, 9.17) is 29.8 Å². The molecule has 5 atom stereocenters. The van der Waals surface area contributed by atoms with Gasteiger partial charge < -0.3 is 19.7 Å². The van der Waals surface area contributed by atoms with Gasteiger partial charge in [0.1, 0.15) is 18.0 Å². The molecule has 3 heterocycles. The minimum Gasteiger partial charge on any atom is -0.465 e. The van der Waals surface area contributed by atoms with Crippen LogP contribution >= 0.6 is 7.75 Å². The second-order valence-electron chi connectivity index (χ2n) is 9.21. The average molecular weight is 576 g/mol. The van der Waals surface area contributed by atoms with E-state index in [-0.39, 0.29) is 48.4 Å². The van der Waals surface area contributed by atoms with Crippen molar-refractivity contribution in [3.8, 4) is 5.75 Å². The lowest BCUT2D eigenvalue weighted by atomic mass is 10.1. The van der Waals surface area contributed by atoms with Crippen LogP contribution in [0.4, 0.5) is 5.95 Å². The van der Waals surface area contributed by atoms with Crippen LogP contribution in [0.5, 0.6) is 5.75 Å². The highest BCUT2D eigenvalue weighted by Crippen LogP contribution is 2.46. The molecule has 1 fully saturated rings. The van der Waals surface area contributed by atoms with Crippen LogP contribution in [0.1, 0.15) is 33.4 Å². The molecule has 0 amide bonds. The summed E-state index contributed by atoms with van der Waals surface area (Å²) in [4.78, 5) is 38.3. The van der Waals surface area contributed by atoms with Gasteiger partial charge in [0.05, 0.1) is 31.7 Å². The molecular formula is C23H30N9O7P. The highest BCUT2D eigenvalue weighted by Gasteiger charge is 2.41. The number of nitrogens with one attached hydrogen (secondary N) is 2. The van der Waals surface area contributed by atoms with E-state index in [0.717, 1.165) is 0 Å². The number of carbonyl (C=O) groups is 1. The largest absolute Gasteiger partial charge is 0.465 e. The van der Waals surface area contributed by atoms with Crippen LogP contribution in [0.15, 0.2) is 46.6 Å². The molecule has 2 aromatic heterocycles. The Bertz CT molecular complexity index is 1490. The molecule has 1 saturated heterocycles. The summed E-state index contributed by atoms with van der Waals surface area (Å²) in [5.74, 6) is -0.803. The molecule has 17 heteroatoms. The number of benzene rings is 1. The van der Waals surface area contributed by atoms with Crippen molar-refractivity contribution in [2.45, 2.75) is 51.6 Å². The first kappa shape index (κ1) is 29.1. The number of carbonyl (C=O) groups excluding carboxylic acids is 1. The lowest BCUT2D eigenvalue weighted by molar-refractivity contribution is -0.146. The number of nitrogens with zero attached hydrogens (tertiary/aromatic N) is 6. The zero-order valence-corrected chi connectivity index (χ0v) is 22.9. The topological polar surface area (TPSA) is 221 Å². The van der Waals surface area contributed by atoms with Gasteiger partial charge >= 0.3 is 13.7 Å². The van der Waals surface area contributed by atoms with Crippen LogP contribution in [0.3, 0.4) is 0 Å². The molecule has 0 saturated carbocycles. The van der Waals surface area contributed by atoms with E-state index in [2.05, 4.69) is 30.1 Å². The number of azide groups is 1. The summed E-state index contributed by atoms with van der Waals surface area (Å²) in [6.45, 7) is 4.97. The second kappa shape index (κ2) is 12.5. The summed E-state index contributed by atoms with van der Waals surface area (Å²) in [7, 11) is -4.22. The number of nitrogen functional groups attached to an aromatic ring is 1. The Labute approximate surface area is 228 Å². The molecule has 1 aromatic carbocycles. The third-order valence-corrected chi connectivity index (χ3v) is 7.58.